The first-order valence-electron chi connectivity index (χ1n) is 4.70. The average molecular weight is 268 g/mol. The summed E-state index contributed by atoms with van der Waals surface area (Å²) >= 11 is 0. The Morgan fingerprint density at radius 1 is 1.44 bits per heavy atom. The Morgan fingerprint density at radius 3 is 2.83 bits per heavy atom. The summed E-state index contributed by atoms with van der Waals surface area (Å²) in [4.78, 5) is 14.2. The van der Waals surface area contributed by atoms with Crippen LogP contribution in [0.1, 0.15) is 10.5 Å². The summed E-state index contributed by atoms with van der Waals surface area (Å²) in [6.07, 6.45) is 3.56. The number of carboxylic acids is 1. The van der Waals surface area contributed by atoms with E-state index in [4.69, 9.17) is 5.11 Å². The first-order chi connectivity index (χ1) is 8.49. The summed E-state index contributed by atoms with van der Waals surface area (Å²) in [7, 11) is -3.78. The minimum Gasteiger partial charge on any atom is -0.477 e. The second-order valence-electron chi connectivity index (χ2n) is 3.27. The van der Waals surface area contributed by atoms with Crippen molar-refractivity contribution in [3.63, 3.8) is 0 Å². The molecule has 0 aliphatic carbocycles. The van der Waals surface area contributed by atoms with Crippen LogP contribution in [0.25, 0.3) is 0 Å². The quantitative estimate of drug-likeness (QED) is 0.732. The Morgan fingerprint density at radius 2 is 2.22 bits per heavy atom. The van der Waals surface area contributed by atoms with Gasteiger partial charge in [-0.25, -0.2) is 18.2 Å². The molecule has 0 bridgehead atoms. The lowest BCUT2D eigenvalue weighted by atomic mass is 10.3. The average Bonchev–Trinajstić information content (AvgIpc) is 2.82. The Bertz CT molecular complexity index is 666. The predicted molar refractivity (Wildman–Crippen MR) is 60.6 cm³/mol. The van der Waals surface area contributed by atoms with Crippen LogP contribution in [0.5, 0.6) is 0 Å². The van der Waals surface area contributed by atoms with Crippen LogP contribution in [0.2, 0.25) is 0 Å². The Kier molecular flexibility index (Phi) is 2.98. The number of nitrogens with zero attached hydrogens (tertiary/aromatic N) is 2. The number of carboxylic acid groups (broad SMARTS) is 1. The number of carbonyl (C=O) groups is 1. The molecule has 3 N–H and O–H groups in total. The number of rotatable bonds is 4. The van der Waals surface area contributed by atoms with Gasteiger partial charge in [-0.1, -0.05) is 0 Å². The van der Waals surface area contributed by atoms with Gasteiger partial charge < -0.3 is 5.11 Å². The lowest BCUT2D eigenvalue weighted by molar-refractivity contribution is 0.0690. The molecule has 0 aliphatic heterocycles. The van der Waals surface area contributed by atoms with Gasteiger partial charge in [0, 0.05) is 12.4 Å². The number of H-pyrrole nitrogens is 1. The summed E-state index contributed by atoms with van der Waals surface area (Å²) in [6.45, 7) is 0. The van der Waals surface area contributed by atoms with Crippen molar-refractivity contribution in [1.82, 2.24) is 15.2 Å². The predicted octanol–water partition coefficient (Wildman–Crippen LogP) is 0.304. The molecular weight excluding hydrogens is 260 g/mol. The number of sulfonamides is 1. The third-order valence-electron chi connectivity index (χ3n) is 2.01. The lowest BCUT2D eigenvalue weighted by Crippen LogP contribution is -2.13. The first kappa shape index (κ1) is 12.0. The maximum atomic E-state index is 11.8. The van der Waals surface area contributed by atoms with Crippen LogP contribution >= 0.6 is 0 Å². The van der Waals surface area contributed by atoms with E-state index in [0.717, 1.165) is 12.3 Å². The topological polar surface area (TPSA) is 125 Å². The fourth-order valence-corrected chi connectivity index (χ4v) is 2.17. The highest BCUT2D eigenvalue weighted by Gasteiger charge is 2.16. The van der Waals surface area contributed by atoms with E-state index in [2.05, 4.69) is 19.9 Å². The van der Waals surface area contributed by atoms with Crippen molar-refractivity contribution in [3.05, 3.63) is 36.4 Å². The highest BCUT2D eigenvalue weighted by molar-refractivity contribution is 7.92. The van der Waals surface area contributed by atoms with E-state index in [1.54, 1.807) is 0 Å². The van der Waals surface area contributed by atoms with Gasteiger partial charge in [-0.3, -0.25) is 9.82 Å². The van der Waals surface area contributed by atoms with Crippen LogP contribution in [0.3, 0.4) is 0 Å². The van der Waals surface area contributed by atoms with Crippen LogP contribution < -0.4 is 4.72 Å². The second kappa shape index (κ2) is 4.45. The number of aromatic nitrogens is 3. The van der Waals surface area contributed by atoms with Crippen LogP contribution in [-0.2, 0) is 10.0 Å². The van der Waals surface area contributed by atoms with E-state index < -0.39 is 16.0 Å². The molecule has 0 atom stereocenters. The molecule has 2 rings (SSSR count). The molecule has 0 spiro atoms. The van der Waals surface area contributed by atoms with Crippen molar-refractivity contribution in [3.8, 4) is 0 Å². The van der Waals surface area contributed by atoms with Gasteiger partial charge in [0.15, 0.2) is 0 Å². The molecule has 94 valence electrons. The van der Waals surface area contributed by atoms with Gasteiger partial charge in [0.05, 0.1) is 11.9 Å². The summed E-state index contributed by atoms with van der Waals surface area (Å²) in [5, 5.41) is 14.6. The number of aromatic carboxylic acids is 1. The van der Waals surface area contributed by atoms with E-state index in [1.165, 1.54) is 18.5 Å². The van der Waals surface area contributed by atoms with E-state index in [1.807, 2.05) is 0 Å². The third kappa shape index (κ3) is 2.46. The molecule has 0 aliphatic rings. The van der Waals surface area contributed by atoms with Crippen LogP contribution in [0, 0.1) is 0 Å². The van der Waals surface area contributed by atoms with Gasteiger partial charge in [-0.2, -0.15) is 5.10 Å². The molecule has 0 radical (unpaired) electrons. The number of aromatic amines is 1. The number of pyridine rings is 1. The highest BCUT2D eigenvalue weighted by Crippen LogP contribution is 2.14. The molecule has 8 nitrogen and oxygen atoms in total. The zero-order chi connectivity index (χ0) is 13.2. The summed E-state index contributed by atoms with van der Waals surface area (Å²) in [5.41, 5.74) is -0.133. The molecule has 0 unspecified atom stereocenters. The van der Waals surface area contributed by atoms with E-state index >= 15 is 0 Å². The lowest BCUT2D eigenvalue weighted by Gasteiger charge is -2.05. The van der Waals surface area contributed by atoms with Crippen molar-refractivity contribution in [2.24, 2.45) is 0 Å². The van der Waals surface area contributed by atoms with Crippen molar-refractivity contribution in [2.45, 2.75) is 4.90 Å². The van der Waals surface area contributed by atoms with Crippen LogP contribution in [0.15, 0.2) is 35.6 Å². The molecule has 2 aromatic heterocycles. The SMILES string of the molecule is O=C(O)c1cc(NS(=O)(=O)c2cn[nH]c2)ccn1. The standard InChI is InChI=1S/C9H8N4O4S/c14-9(15)8-3-6(1-2-10-8)13-18(16,17)7-4-11-12-5-7/h1-5H,(H,10,13)(H,11,12)(H,14,15). The fraction of sp³-hybridized carbons (Fsp3) is 0. The molecule has 2 heterocycles. The van der Waals surface area contributed by atoms with Gasteiger partial charge in [0.1, 0.15) is 10.6 Å². The van der Waals surface area contributed by atoms with Gasteiger partial charge in [-0.15, -0.1) is 0 Å². The summed E-state index contributed by atoms with van der Waals surface area (Å²) in [6, 6.07) is 2.48. The van der Waals surface area contributed by atoms with Crippen molar-refractivity contribution in [1.29, 1.82) is 0 Å². The molecule has 0 saturated heterocycles. The summed E-state index contributed by atoms with van der Waals surface area (Å²) in [5.74, 6) is -1.24. The molecule has 18 heavy (non-hydrogen) atoms. The van der Waals surface area contributed by atoms with E-state index in [-0.39, 0.29) is 16.3 Å². The maximum absolute atomic E-state index is 11.8. The molecule has 0 saturated carbocycles. The normalized spacial score (nSPS) is 11.1. The van der Waals surface area contributed by atoms with Crippen molar-refractivity contribution < 1.29 is 18.3 Å². The Labute approximate surface area is 102 Å². The van der Waals surface area contributed by atoms with E-state index in [0.29, 0.717) is 0 Å². The summed E-state index contributed by atoms with van der Waals surface area (Å²) < 4.78 is 25.8. The van der Waals surface area contributed by atoms with Crippen LogP contribution in [0.4, 0.5) is 5.69 Å². The molecular formula is C9H8N4O4S. The smallest absolute Gasteiger partial charge is 0.354 e. The molecule has 0 fully saturated rings. The largest absolute Gasteiger partial charge is 0.477 e. The number of hydrogen-bond acceptors (Lipinski definition) is 5. The molecule has 0 amide bonds. The van der Waals surface area contributed by atoms with Crippen molar-refractivity contribution >= 4 is 21.7 Å². The maximum Gasteiger partial charge on any atom is 0.354 e. The van der Waals surface area contributed by atoms with Crippen LogP contribution in [-0.4, -0.2) is 34.7 Å². The van der Waals surface area contributed by atoms with Gasteiger partial charge >= 0.3 is 5.97 Å². The number of hydrogen-bond donors (Lipinski definition) is 3. The second-order valence-corrected chi connectivity index (χ2v) is 4.96. The number of anilines is 1. The van der Waals surface area contributed by atoms with Gasteiger partial charge in [0.2, 0.25) is 0 Å². The van der Waals surface area contributed by atoms with Gasteiger partial charge in [0.25, 0.3) is 10.0 Å². The first-order valence-corrected chi connectivity index (χ1v) is 6.18. The minimum absolute atomic E-state index is 0.0452. The third-order valence-corrected chi connectivity index (χ3v) is 3.36. The zero-order valence-corrected chi connectivity index (χ0v) is 9.68. The minimum atomic E-state index is -3.78. The Balaban J connectivity index is 2.30. The molecule has 9 heteroatoms. The van der Waals surface area contributed by atoms with E-state index in [9.17, 15) is 13.2 Å². The molecule has 0 aromatic carbocycles. The number of nitrogens with one attached hydrogen (secondary N) is 2. The molecule has 2 aromatic rings. The zero-order valence-electron chi connectivity index (χ0n) is 8.86. The fourth-order valence-electron chi connectivity index (χ4n) is 1.21. The monoisotopic (exact) mass is 268 g/mol. The Hall–Kier alpha value is -2.42. The van der Waals surface area contributed by atoms with Gasteiger partial charge in [-0.05, 0) is 12.1 Å². The van der Waals surface area contributed by atoms with Crippen molar-refractivity contribution in [2.75, 3.05) is 4.72 Å². The highest BCUT2D eigenvalue weighted by atomic mass is 32.2.